The Morgan fingerprint density at radius 2 is 1.83 bits per heavy atom. The van der Waals surface area contributed by atoms with Crippen molar-refractivity contribution in [3.8, 4) is 16.3 Å². The number of nitrogens with zero attached hydrogens (tertiary/aromatic N) is 1. The second-order valence-electron chi connectivity index (χ2n) is 6.12. The lowest BCUT2D eigenvalue weighted by Crippen LogP contribution is -2.21. The third kappa shape index (κ3) is 5.42. The van der Waals surface area contributed by atoms with E-state index in [0.29, 0.717) is 22.1 Å². The highest BCUT2D eigenvalue weighted by atomic mass is 32.1. The molecule has 1 heterocycles. The zero-order valence-corrected chi connectivity index (χ0v) is 17.1. The number of rotatable bonds is 7. The smallest absolute Gasteiger partial charge is 0.358 e. The number of carbonyl (C=O) groups is 3. The molecule has 0 radical (unpaired) electrons. The van der Waals surface area contributed by atoms with Crippen LogP contribution in [-0.4, -0.2) is 36.5 Å². The van der Waals surface area contributed by atoms with E-state index in [4.69, 9.17) is 9.47 Å². The van der Waals surface area contributed by atoms with E-state index in [-0.39, 0.29) is 11.6 Å². The minimum atomic E-state index is -0.692. The molecule has 1 aromatic heterocycles. The minimum absolute atomic E-state index is 0.136. The molecule has 0 aliphatic heterocycles. The molecule has 30 heavy (non-hydrogen) atoms. The van der Waals surface area contributed by atoms with Crippen LogP contribution in [0.3, 0.4) is 0 Å². The van der Waals surface area contributed by atoms with Gasteiger partial charge in [-0.2, -0.15) is 0 Å². The van der Waals surface area contributed by atoms with Gasteiger partial charge in [-0.05, 0) is 18.2 Å². The topological polar surface area (TPSA) is 107 Å². The van der Waals surface area contributed by atoms with Crippen LogP contribution in [0.1, 0.15) is 17.4 Å². The van der Waals surface area contributed by atoms with E-state index in [0.717, 1.165) is 5.56 Å². The van der Waals surface area contributed by atoms with Crippen molar-refractivity contribution in [1.29, 1.82) is 0 Å². The van der Waals surface area contributed by atoms with Gasteiger partial charge in [-0.15, -0.1) is 11.3 Å². The lowest BCUT2D eigenvalue weighted by Gasteiger charge is -2.12. The average molecular weight is 425 g/mol. The summed E-state index contributed by atoms with van der Waals surface area (Å²) >= 11 is 1.32. The molecule has 3 aromatic rings. The van der Waals surface area contributed by atoms with Gasteiger partial charge in [0.25, 0.3) is 5.91 Å². The molecule has 0 atom stereocenters. The van der Waals surface area contributed by atoms with Crippen molar-refractivity contribution >= 4 is 40.5 Å². The number of hydrogen-bond acceptors (Lipinski definition) is 7. The summed E-state index contributed by atoms with van der Waals surface area (Å²) in [4.78, 5) is 39.9. The first-order chi connectivity index (χ1) is 14.5. The number of benzene rings is 2. The van der Waals surface area contributed by atoms with E-state index in [1.54, 1.807) is 23.6 Å². The Hall–Kier alpha value is -3.72. The molecule has 2 amide bonds. The van der Waals surface area contributed by atoms with Crippen molar-refractivity contribution in [3.05, 3.63) is 59.6 Å². The molecule has 0 aliphatic carbocycles. The predicted octanol–water partition coefficient (Wildman–Crippen LogP) is 3.57. The van der Waals surface area contributed by atoms with Crippen LogP contribution in [0.2, 0.25) is 0 Å². The van der Waals surface area contributed by atoms with Gasteiger partial charge in [0.05, 0.1) is 12.8 Å². The van der Waals surface area contributed by atoms with E-state index >= 15 is 0 Å². The van der Waals surface area contributed by atoms with Crippen LogP contribution in [0.25, 0.3) is 10.6 Å². The summed E-state index contributed by atoms with van der Waals surface area (Å²) in [6.45, 7) is 0.883. The molecule has 0 saturated carbocycles. The van der Waals surface area contributed by atoms with E-state index in [9.17, 15) is 14.4 Å². The fourth-order valence-electron chi connectivity index (χ4n) is 2.56. The highest BCUT2D eigenvalue weighted by Crippen LogP contribution is 2.28. The van der Waals surface area contributed by atoms with Crippen LogP contribution in [-0.2, 0) is 14.3 Å². The van der Waals surface area contributed by atoms with Gasteiger partial charge < -0.3 is 20.1 Å². The molecule has 0 aliphatic rings. The molecule has 0 spiro atoms. The van der Waals surface area contributed by atoms with Crippen molar-refractivity contribution in [2.24, 2.45) is 0 Å². The van der Waals surface area contributed by atoms with Crippen molar-refractivity contribution in [3.63, 3.8) is 0 Å². The summed E-state index contributed by atoms with van der Waals surface area (Å²) in [7, 11) is 1.45. The van der Waals surface area contributed by atoms with Crippen molar-refractivity contribution in [1.82, 2.24) is 4.98 Å². The van der Waals surface area contributed by atoms with Gasteiger partial charge in [0.2, 0.25) is 5.91 Å². The number of methoxy groups -OCH3 is 1. The van der Waals surface area contributed by atoms with Crippen LogP contribution in [0.5, 0.6) is 5.75 Å². The van der Waals surface area contributed by atoms with E-state index in [2.05, 4.69) is 15.6 Å². The lowest BCUT2D eigenvalue weighted by atomic mass is 10.2. The highest BCUT2D eigenvalue weighted by Gasteiger charge is 2.16. The zero-order valence-electron chi connectivity index (χ0n) is 16.3. The van der Waals surface area contributed by atoms with Gasteiger partial charge in [-0.25, -0.2) is 9.78 Å². The second kappa shape index (κ2) is 9.66. The molecule has 9 heteroatoms. The summed E-state index contributed by atoms with van der Waals surface area (Å²) in [5.74, 6) is -1.09. The van der Waals surface area contributed by atoms with Crippen molar-refractivity contribution in [2.75, 3.05) is 24.4 Å². The van der Waals surface area contributed by atoms with E-state index in [1.165, 1.54) is 25.4 Å². The van der Waals surface area contributed by atoms with Gasteiger partial charge in [-0.3, -0.25) is 9.59 Å². The summed E-state index contributed by atoms with van der Waals surface area (Å²) in [5.41, 5.74) is 1.86. The predicted molar refractivity (Wildman–Crippen MR) is 114 cm³/mol. The fourth-order valence-corrected chi connectivity index (χ4v) is 3.35. The van der Waals surface area contributed by atoms with Gasteiger partial charge in [-0.1, -0.05) is 30.3 Å². The SMILES string of the molecule is COc1ccc(NC(C)=O)cc1NC(=O)COC(=O)c1csc(-c2ccccc2)n1. The standard InChI is InChI=1S/C21H19N3O5S/c1-13(25)22-15-8-9-18(28-2)16(10-15)23-19(26)11-29-21(27)17-12-30-20(24-17)14-6-4-3-5-7-14/h3-10,12H,11H2,1-2H3,(H,22,25)(H,23,26). The lowest BCUT2D eigenvalue weighted by molar-refractivity contribution is -0.119. The first-order valence-electron chi connectivity index (χ1n) is 8.90. The van der Waals surface area contributed by atoms with Crippen LogP contribution in [0, 0.1) is 0 Å². The molecule has 3 rings (SSSR count). The Kier molecular flexibility index (Phi) is 6.76. The van der Waals surface area contributed by atoms with Gasteiger partial charge >= 0.3 is 5.97 Å². The molecule has 154 valence electrons. The first-order valence-corrected chi connectivity index (χ1v) is 9.78. The summed E-state index contributed by atoms with van der Waals surface area (Å²) in [5, 5.41) is 7.49. The molecule has 0 saturated heterocycles. The number of thiazole rings is 1. The van der Waals surface area contributed by atoms with Crippen LogP contribution in [0.4, 0.5) is 11.4 Å². The Bertz CT molecular complexity index is 1070. The Morgan fingerprint density at radius 3 is 2.53 bits per heavy atom. The maximum atomic E-state index is 12.2. The summed E-state index contributed by atoms with van der Waals surface area (Å²) in [6.07, 6.45) is 0. The largest absolute Gasteiger partial charge is 0.495 e. The molecule has 0 bridgehead atoms. The minimum Gasteiger partial charge on any atom is -0.495 e. The van der Waals surface area contributed by atoms with Crippen molar-refractivity contribution < 1.29 is 23.9 Å². The Morgan fingerprint density at radius 1 is 1.07 bits per heavy atom. The van der Waals surface area contributed by atoms with Crippen molar-refractivity contribution in [2.45, 2.75) is 6.92 Å². The zero-order chi connectivity index (χ0) is 21.5. The third-order valence-electron chi connectivity index (χ3n) is 3.86. The van der Waals surface area contributed by atoms with Crippen LogP contribution >= 0.6 is 11.3 Å². The monoisotopic (exact) mass is 425 g/mol. The van der Waals surface area contributed by atoms with Gasteiger partial charge in [0.15, 0.2) is 12.3 Å². The van der Waals surface area contributed by atoms with Gasteiger partial charge in [0, 0.05) is 23.6 Å². The van der Waals surface area contributed by atoms with Crippen LogP contribution in [0.15, 0.2) is 53.9 Å². The number of amides is 2. The number of aromatic nitrogens is 1. The number of carbonyl (C=O) groups excluding carboxylic acids is 3. The number of esters is 1. The molecule has 8 nitrogen and oxygen atoms in total. The second-order valence-corrected chi connectivity index (χ2v) is 6.98. The maximum Gasteiger partial charge on any atom is 0.358 e. The molecule has 0 fully saturated rings. The maximum absolute atomic E-state index is 12.2. The van der Waals surface area contributed by atoms with Gasteiger partial charge in [0.1, 0.15) is 10.8 Å². The number of hydrogen-bond donors (Lipinski definition) is 2. The van der Waals surface area contributed by atoms with Crippen LogP contribution < -0.4 is 15.4 Å². The Labute approximate surface area is 176 Å². The molecule has 0 unspecified atom stereocenters. The summed E-state index contributed by atoms with van der Waals surface area (Å²) < 4.78 is 10.3. The number of nitrogens with one attached hydrogen (secondary N) is 2. The van der Waals surface area contributed by atoms with E-state index in [1.807, 2.05) is 30.3 Å². The molecular weight excluding hydrogens is 406 g/mol. The molecule has 2 N–H and O–H groups in total. The third-order valence-corrected chi connectivity index (χ3v) is 4.75. The average Bonchev–Trinajstić information content (AvgIpc) is 3.23. The summed E-state index contributed by atoms with van der Waals surface area (Å²) in [6, 6.07) is 14.2. The van der Waals surface area contributed by atoms with E-state index < -0.39 is 18.5 Å². The first kappa shape index (κ1) is 21.0. The number of ether oxygens (including phenoxy) is 2. The normalized spacial score (nSPS) is 10.2. The molecular formula is C21H19N3O5S. The quantitative estimate of drug-likeness (QED) is 0.561. The number of anilines is 2. The Balaban J connectivity index is 1.60. The fraction of sp³-hybridized carbons (Fsp3) is 0.143. The highest BCUT2D eigenvalue weighted by molar-refractivity contribution is 7.13. The molecule has 2 aromatic carbocycles.